The molecule has 0 aliphatic carbocycles. The fraction of sp³-hybridized carbons (Fsp3) is 0.462. The van der Waals surface area contributed by atoms with Gasteiger partial charge in [0.1, 0.15) is 0 Å². The molecule has 0 amide bonds. The van der Waals surface area contributed by atoms with E-state index >= 15 is 0 Å². The minimum atomic E-state index is -0.344. The van der Waals surface area contributed by atoms with Crippen LogP contribution in [0, 0.1) is 0 Å². The summed E-state index contributed by atoms with van der Waals surface area (Å²) in [5, 5.41) is 11.9. The molecule has 2 N–H and O–H groups in total. The first-order chi connectivity index (χ1) is 10.1. The predicted molar refractivity (Wildman–Crippen MR) is 75.5 cm³/mol. The van der Waals surface area contributed by atoms with Crippen molar-refractivity contribution in [3.63, 3.8) is 0 Å². The van der Waals surface area contributed by atoms with E-state index in [9.17, 15) is 0 Å². The number of benzene rings is 1. The SMILES string of the molecule is COc1ccc(C(N)Cc2nnn(C)n2)c(OC)c1OC. The van der Waals surface area contributed by atoms with E-state index in [4.69, 9.17) is 19.9 Å². The van der Waals surface area contributed by atoms with Gasteiger partial charge < -0.3 is 19.9 Å². The molecule has 1 aromatic heterocycles. The first-order valence-electron chi connectivity index (χ1n) is 6.38. The highest BCUT2D eigenvalue weighted by atomic mass is 16.5. The standard InChI is InChI=1S/C13H19N5O3/c1-18-16-11(15-17-18)7-9(14)8-5-6-10(19-2)13(21-4)12(8)20-3/h5-6,9H,7,14H2,1-4H3. The summed E-state index contributed by atoms with van der Waals surface area (Å²) in [5.41, 5.74) is 7.03. The van der Waals surface area contributed by atoms with E-state index in [1.54, 1.807) is 34.4 Å². The molecular formula is C13H19N5O3. The van der Waals surface area contributed by atoms with Gasteiger partial charge in [0.05, 0.1) is 28.4 Å². The second-order valence-corrected chi connectivity index (χ2v) is 4.43. The summed E-state index contributed by atoms with van der Waals surface area (Å²) >= 11 is 0. The van der Waals surface area contributed by atoms with Crippen LogP contribution in [-0.2, 0) is 13.5 Å². The van der Waals surface area contributed by atoms with Crippen LogP contribution in [0.2, 0.25) is 0 Å². The fourth-order valence-corrected chi connectivity index (χ4v) is 2.13. The highest BCUT2D eigenvalue weighted by molar-refractivity contribution is 5.56. The second-order valence-electron chi connectivity index (χ2n) is 4.43. The molecular weight excluding hydrogens is 274 g/mol. The average molecular weight is 293 g/mol. The number of methoxy groups -OCH3 is 3. The molecule has 0 spiro atoms. The summed E-state index contributed by atoms with van der Waals surface area (Å²) in [5.74, 6) is 2.22. The Balaban J connectivity index is 2.33. The number of tetrazole rings is 1. The monoisotopic (exact) mass is 293 g/mol. The van der Waals surface area contributed by atoms with Crippen molar-refractivity contribution < 1.29 is 14.2 Å². The zero-order valence-corrected chi connectivity index (χ0v) is 12.5. The normalized spacial score (nSPS) is 12.0. The number of aromatic nitrogens is 4. The van der Waals surface area contributed by atoms with E-state index in [2.05, 4.69) is 15.4 Å². The number of rotatable bonds is 6. The average Bonchev–Trinajstić information content (AvgIpc) is 2.90. The van der Waals surface area contributed by atoms with Crippen molar-refractivity contribution in [1.82, 2.24) is 20.2 Å². The van der Waals surface area contributed by atoms with E-state index in [-0.39, 0.29) is 6.04 Å². The Hall–Kier alpha value is -2.35. The first-order valence-corrected chi connectivity index (χ1v) is 6.38. The number of nitrogens with zero attached hydrogens (tertiary/aromatic N) is 4. The Bertz CT molecular complexity index is 614. The van der Waals surface area contributed by atoms with Crippen molar-refractivity contribution in [2.45, 2.75) is 12.5 Å². The highest BCUT2D eigenvalue weighted by Crippen LogP contribution is 2.41. The smallest absolute Gasteiger partial charge is 0.203 e. The number of hydrogen-bond donors (Lipinski definition) is 1. The molecule has 2 rings (SSSR count). The largest absolute Gasteiger partial charge is 0.493 e. The first kappa shape index (κ1) is 15.0. The predicted octanol–water partition coefficient (Wildman–Crippen LogP) is 0.478. The molecule has 0 radical (unpaired) electrons. The summed E-state index contributed by atoms with van der Waals surface area (Å²) in [6.45, 7) is 0. The molecule has 0 saturated heterocycles. The van der Waals surface area contributed by atoms with Crippen LogP contribution in [0.1, 0.15) is 17.4 Å². The van der Waals surface area contributed by atoms with Crippen LogP contribution in [0.15, 0.2) is 12.1 Å². The molecule has 114 valence electrons. The van der Waals surface area contributed by atoms with Gasteiger partial charge in [0.25, 0.3) is 0 Å². The van der Waals surface area contributed by atoms with E-state index in [0.29, 0.717) is 29.5 Å². The lowest BCUT2D eigenvalue weighted by Gasteiger charge is -2.18. The minimum Gasteiger partial charge on any atom is -0.493 e. The summed E-state index contributed by atoms with van der Waals surface area (Å²) in [6.07, 6.45) is 0.444. The van der Waals surface area contributed by atoms with Crippen molar-refractivity contribution >= 4 is 0 Å². The topological polar surface area (TPSA) is 97.3 Å². The maximum absolute atomic E-state index is 6.23. The summed E-state index contributed by atoms with van der Waals surface area (Å²) in [7, 11) is 6.40. The Labute approximate surface area is 122 Å². The summed E-state index contributed by atoms with van der Waals surface area (Å²) in [4.78, 5) is 1.40. The van der Waals surface area contributed by atoms with Gasteiger partial charge in [-0.15, -0.1) is 10.2 Å². The third-order valence-electron chi connectivity index (χ3n) is 3.09. The molecule has 8 nitrogen and oxygen atoms in total. The molecule has 8 heteroatoms. The van der Waals surface area contributed by atoms with Crippen LogP contribution in [0.3, 0.4) is 0 Å². The zero-order chi connectivity index (χ0) is 15.4. The zero-order valence-electron chi connectivity index (χ0n) is 12.5. The van der Waals surface area contributed by atoms with Crippen LogP contribution >= 0.6 is 0 Å². The molecule has 2 aromatic rings. The van der Waals surface area contributed by atoms with Gasteiger partial charge in [0.2, 0.25) is 5.75 Å². The van der Waals surface area contributed by atoms with Gasteiger partial charge in [-0.3, -0.25) is 0 Å². The van der Waals surface area contributed by atoms with Crippen molar-refractivity contribution in [3.05, 3.63) is 23.5 Å². The van der Waals surface area contributed by atoms with Gasteiger partial charge >= 0.3 is 0 Å². The van der Waals surface area contributed by atoms with Crippen LogP contribution in [0.4, 0.5) is 0 Å². The maximum atomic E-state index is 6.23. The van der Waals surface area contributed by atoms with Crippen LogP contribution in [0.25, 0.3) is 0 Å². The summed E-state index contributed by atoms with van der Waals surface area (Å²) < 4.78 is 16.0. The van der Waals surface area contributed by atoms with E-state index in [1.807, 2.05) is 6.07 Å². The number of nitrogens with two attached hydrogens (primary N) is 1. The Morgan fingerprint density at radius 3 is 2.38 bits per heavy atom. The highest BCUT2D eigenvalue weighted by Gasteiger charge is 2.21. The van der Waals surface area contributed by atoms with E-state index in [0.717, 1.165) is 5.56 Å². The van der Waals surface area contributed by atoms with Gasteiger partial charge in [-0.25, -0.2) is 0 Å². The molecule has 0 bridgehead atoms. The van der Waals surface area contributed by atoms with Gasteiger partial charge in [0.15, 0.2) is 17.3 Å². The maximum Gasteiger partial charge on any atom is 0.203 e. The quantitative estimate of drug-likeness (QED) is 0.827. The third kappa shape index (κ3) is 3.05. The van der Waals surface area contributed by atoms with Crippen molar-refractivity contribution in [2.24, 2.45) is 12.8 Å². The van der Waals surface area contributed by atoms with Gasteiger partial charge in [-0.1, -0.05) is 0 Å². The van der Waals surface area contributed by atoms with Crippen molar-refractivity contribution in [2.75, 3.05) is 21.3 Å². The minimum absolute atomic E-state index is 0.344. The molecule has 0 fully saturated rings. The molecule has 21 heavy (non-hydrogen) atoms. The third-order valence-corrected chi connectivity index (χ3v) is 3.09. The lowest BCUT2D eigenvalue weighted by Crippen LogP contribution is -2.16. The molecule has 1 atom stereocenters. The molecule has 0 aliphatic heterocycles. The number of ether oxygens (including phenoxy) is 3. The second kappa shape index (κ2) is 6.40. The lowest BCUT2D eigenvalue weighted by molar-refractivity contribution is 0.320. The molecule has 0 aliphatic rings. The Kier molecular flexibility index (Phi) is 4.59. The molecule has 1 heterocycles. The van der Waals surface area contributed by atoms with Crippen molar-refractivity contribution in [1.29, 1.82) is 0 Å². The lowest BCUT2D eigenvalue weighted by atomic mass is 10.0. The number of hydrogen-bond acceptors (Lipinski definition) is 7. The Morgan fingerprint density at radius 1 is 1.14 bits per heavy atom. The van der Waals surface area contributed by atoms with Gasteiger partial charge in [0, 0.05) is 18.0 Å². The molecule has 1 unspecified atom stereocenters. The fourth-order valence-electron chi connectivity index (χ4n) is 2.13. The summed E-state index contributed by atoms with van der Waals surface area (Å²) in [6, 6.07) is 3.30. The number of aryl methyl sites for hydroxylation is 1. The van der Waals surface area contributed by atoms with Crippen LogP contribution < -0.4 is 19.9 Å². The van der Waals surface area contributed by atoms with E-state index in [1.165, 1.54) is 4.80 Å². The molecule has 1 aromatic carbocycles. The van der Waals surface area contributed by atoms with E-state index < -0.39 is 0 Å². The van der Waals surface area contributed by atoms with Crippen LogP contribution in [0.5, 0.6) is 17.2 Å². The van der Waals surface area contributed by atoms with Crippen molar-refractivity contribution in [3.8, 4) is 17.2 Å². The van der Waals surface area contributed by atoms with Gasteiger partial charge in [-0.05, 0) is 17.3 Å². The molecule has 0 saturated carbocycles. The van der Waals surface area contributed by atoms with Crippen LogP contribution in [-0.4, -0.2) is 41.5 Å². The van der Waals surface area contributed by atoms with Gasteiger partial charge in [-0.2, -0.15) is 4.80 Å². The Morgan fingerprint density at radius 2 is 1.86 bits per heavy atom.